The molecule has 9 heteroatoms. The number of amides is 4. The monoisotopic (exact) mass is 503 g/mol. The van der Waals surface area contributed by atoms with E-state index in [9.17, 15) is 19.2 Å². The average Bonchev–Trinajstić information content (AvgIpc) is 3.12. The van der Waals surface area contributed by atoms with Crippen LogP contribution in [-0.2, 0) is 16.1 Å². The molecule has 0 bridgehead atoms. The first-order valence-corrected chi connectivity index (χ1v) is 12.3. The molecule has 8 nitrogen and oxygen atoms in total. The van der Waals surface area contributed by atoms with Gasteiger partial charge in [0.2, 0.25) is 0 Å². The number of hydrogen-bond donors (Lipinski definition) is 1. The normalized spacial score (nSPS) is 19.7. The van der Waals surface area contributed by atoms with Crippen LogP contribution in [0.4, 0.5) is 0 Å². The van der Waals surface area contributed by atoms with Crippen molar-refractivity contribution in [2.45, 2.75) is 44.7 Å². The highest BCUT2D eigenvalue weighted by Gasteiger charge is 2.38. The number of benzene rings is 2. The Morgan fingerprint density at radius 2 is 1.64 bits per heavy atom. The van der Waals surface area contributed by atoms with E-state index >= 15 is 0 Å². The fourth-order valence-corrected chi connectivity index (χ4v) is 5.40. The lowest BCUT2D eigenvalue weighted by atomic mass is 9.93. The lowest BCUT2D eigenvalue weighted by Gasteiger charge is -2.37. The lowest BCUT2D eigenvalue weighted by molar-refractivity contribution is -0.130. The molecule has 1 saturated carbocycles. The van der Waals surface area contributed by atoms with E-state index in [-0.39, 0.29) is 35.1 Å². The van der Waals surface area contributed by atoms with Crippen LogP contribution >= 0.6 is 12.2 Å². The Kier molecular flexibility index (Phi) is 6.40. The quantitative estimate of drug-likeness (QED) is 0.291. The maximum atomic E-state index is 13.3. The van der Waals surface area contributed by atoms with Gasteiger partial charge in [0.1, 0.15) is 11.3 Å². The number of rotatable bonds is 5. The van der Waals surface area contributed by atoms with Crippen molar-refractivity contribution in [3.63, 3.8) is 0 Å². The Morgan fingerprint density at radius 3 is 2.28 bits per heavy atom. The number of carbonyl (C=O) groups is 4. The van der Waals surface area contributed by atoms with Crippen molar-refractivity contribution in [2.75, 3.05) is 7.11 Å². The minimum absolute atomic E-state index is 0.00831. The molecule has 0 radical (unpaired) electrons. The van der Waals surface area contributed by atoms with Gasteiger partial charge in [0, 0.05) is 11.6 Å². The fourth-order valence-electron chi connectivity index (χ4n) is 5.07. The Bertz CT molecular complexity index is 1290. The molecule has 2 heterocycles. The van der Waals surface area contributed by atoms with Crippen molar-refractivity contribution in [1.82, 2.24) is 15.1 Å². The van der Waals surface area contributed by atoms with Gasteiger partial charge < -0.3 is 4.74 Å². The summed E-state index contributed by atoms with van der Waals surface area (Å²) in [5.41, 5.74) is 1.86. The fraction of sp³-hybridized carbons (Fsp3) is 0.296. The Morgan fingerprint density at radius 1 is 0.972 bits per heavy atom. The van der Waals surface area contributed by atoms with Gasteiger partial charge >= 0.3 is 0 Å². The number of ether oxygens (including phenoxy) is 1. The molecular weight excluding hydrogens is 478 g/mol. The van der Waals surface area contributed by atoms with E-state index in [1.54, 1.807) is 42.5 Å². The van der Waals surface area contributed by atoms with Crippen LogP contribution in [0.3, 0.4) is 0 Å². The third-order valence-electron chi connectivity index (χ3n) is 6.90. The van der Waals surface area contributed by atoms with Crippen LogP contribution in [0.2, 0.25) is 0 Å². The number of methoxy groups -OCH3 is 1. The standard InChI is InChI=1S/C27H25N3O5S/c1-35-22-12-11-16(13-17(22)15-29-24(32)19-9-5-6-10-20(19)25(29)33)14-21-23(31)28-27(36)30(26(21)34)18-7-3-2-4-8-18/h5-6,9-14,18H,2-4,7-8,15H2,1H3,(H,28,31,36)/b21-14-. The zero-order valence-electron chi connectivity index (χ0n) is 19.8. The van der Waals surface area contributed by atoms with Crippen molar-refractivity contribution in [1.29, 1.82) is 0 Å². The Labute approximate surface area is 213 Å². The van der Waals surface area contributed by atoms with Gasteiger partial charge in [0.25, 0.3) is 23.6 Å². The van der Waals surface area contributed by atoms with Crippen molar-refractivity contribution in [3.8, 4) is 5.75 Å². The van der Waals surface area contributed by atoms with Gasteiger partial charge in [-0.15, -0.1) is 0 Å². The molecule has 1 aliphatic carbocycles. The SMILES string of the molecule is COc1ccc(/C=C2/C(=O)NC(=S)N(C3CCCCC3)C2=O)cc1CN1C(=O)c2ccccc2C1=O. The highest BCUT2D eigenvalue weighted by atomic mass is 32.1. The molecule has 184 valence electrons. The van der Waals surface area contributed by atoms with Gasteiger partial charge in [0.15, 0.2) is 5.11 Å². The average molecular weight is 504 g/mol. The van der Waals surface area contributed by atoms with Crippen LogP contribution in [-0.4, -0.2) is 51.7 Å². The molecule has 0 atom stereocenters. The van der Waals surface area contributed by atoms with Crippen LogP contribution in [0, 0.1) is 0 Å². The predicted octanol–water partition coefficient (Wildman–Crippen LogP) is 3.45. The summed E-state index contributed by atoms with van der Waals surface area (Å²) in [5.74, 6) is -1.22. The summed E-state index contributed by atoms with van der Waals surface area (Å²) in [5, 5.41) is 2.80. The third kappa shape index (κ3) is 4.19. The lowest BCUT2D eigenvalue weighted by Crippen LogP contribution is -2.57. The Balaban J connectivity index is 1.44. The number of fused-ring (bicyclic) bond motifs is 1. The molecule has 5 rings (SSSR count). The third-order valence-corrected chi connectivity index (χ3v) is 7.19. The molecule has 4 amide bonds. The number of thiocarbonyl (C=S) groups is 1. The van der Waals surface area contributed by atoms with Crippen LogP contribution < -0.4 is 10.1 Å². The summed E-state index contributed by atoms with van der Waals surface area (Å²) in [6.07, 6.45) is 6.38. The molecule has 1 saturated heterocycles. The first kappa shape index (κ1) is 23.9. The predicted molar refractivity (Wildman–Crippen MR) is 136 cm³/mol. The Hall–Kier alpha value is -3.85. The number of nitrogens with one attached hydrogen (secondary N) is 1. The van der Waals surface area contributed by atoms with E-state index in [2.05, 4.69) is 5.32 Å². The van der Waals surface area contributed by atoms with E-state index < -0.39 is 11.8 Å². The van der Waals surface area contributed by atoms with Gasteiger partial charge in [-0.2, -0.15) is 0 Å². The van der Waals surface area contributed by atoms with Crippen molar-refractivity contribution in [3.05, 3.63) is 70.3 Å². The van der Waals surface area contributed by atoms with E-state index in [0.717, 1.165) is 32.1 Å². The van der Waals surface area contributed by atoms with Gasteiger partial charge in [-0.1, -0.05) is 37.5 Å². The van der Waals surface area contributed by atoms with Crippen LogP contribution in [0.5, 0.6) is 5.75 Å². The van der Waals surface area contributed by atoms with Crippen LogP contribution in [0.25, 0.3) is 6.08 Å². The molecule has 0 aromatic heterocycles. The summed E-state index contributed by atoms with van der Waals surface area (Å²) in [6.45, 7) is -0.00897. The van der Waals surface area contributed by atoms with Crippen LogP contribution in [0.1, 0.15) is 63.9 Å². The number of imide groups is 1. The minimum Gasteiger partial charge on any atom is -0.496 e. The second-order valence-corrected chi connectivity index (χ2v) is 9.48. The maximum absolute atomic E-state index is 13.3. The number of nitrogens with zero attached hydrogens (tertiary/aromatic N) is 2. The zero-order chi connectivity index (χ0) is 25.4. The molecule has 3 aliphatic rings. The van der Waals surface area contributed by atoms with Gasteiger partial charge in [0.05, 0.1) is 24.8 Å². The molecule has 0 spiro atoms. The van der Waals surface area contributed by atoms with E-state index in [0.29, 0.717) is 28.0 Å². The van der Waals surface area contributed by atoms with E-state index in [4.69, 9.17) is 17.0 Å². The second kappa shape index (κ2) is 9.66. The van der Waals surface area contributed by atoms with Gasteiger partial charge in [-0.05, 0) is 61.0 Å². The molecular formula is C27H25N3O5S. The largest absolute Gasteiger partial charge is 0.496 e. The zero-order valence-corrected chi connectivity index (χ0v) is 20.6. The topological polar surface area (TPSA) is 96.0 Å². The first-order chi connectivity index (χ1) is 17.4. The molecule has 2 aromatic carbocycles. The van der Waals surface area contributed by atoms with E-state index in [1.807, 2.05) is 0 Å². The van der Waals surface area contributed by atoms with Crippen molar-refractivity contribution >= 4 is 47.0 Å². The van der Waals surface area contributed by atoms with Crippen LogP contribution in [0.15, 0.2) is 48.0 Å². The summed E-state index contributed by atoms with van der Waals surface area (Å²) < 4.78 is 5.46. The highest BCUT2D eigenvalue weighted by Crippen LogP contribution is 2.30. The highest BCUT2D eigenvalue weighted by molar-refractivity contribution is 7.80. The summed E-state index contributed by atoms with van der Waals surface area (Å²) >= 11 is 5.33. The molecule has 2 aromatic rings. The van der Waals surface area contributed by atoms with Gasteiger partial charge in [-0.3, -0.25) is 34.3 Å². The van der Waals surface area contributed by atoms with Crippen molar-refractivity contribution in [2.24, 2.45) is 0 Å². The minimum atomic E-state index is -0.547. The molecule has 2 fully saturated rings. The summed E-state index contributed by atoms with van der Waals surface area (Å²) in [4.78, 5) is 54.5. The maximum Gasteiger partial charge on any atom is 0.265 e. The number of hydrogen-bond acceptors (Lipinski definition) is 6. The molecule has 36 heavy (non-hydrogen) atoms. The van der Waals surface area contributed by atoms with Gasteiger partial charge in [-0.25, -0.2) is 0 Å². The summed E-state index contributed by atoms with van der Waals surface area (Å²) in [7, 11) is 1.50. The smallest absolute Gasteiger partial charge is 0.265 e. The first-order valence-electron chi connectivity index (χ1n) is 11.9. The number of carbonyl (C=O) groups excluding carboxylic acids is 4. The molecule has 1 N–H and O–H groups in total. The second-order valence-electron chi connectivity index (χ2n) is 9.10. The molecule has 2 aliphatic heterocycles. The van der Waals surface area contributed by atoms with E-state index in [1.165, 1.54) is 23.0 Å². The summed E-state index contributed by atoms with van der Waals surface area (Å²) in [6, 6.07) is 11.8. The van der Waals surface area contributed by atoms with Crippen molar-refractivity contribution < 1.29 is 23.9 Å². The molecule has 0 unspecified atom stereocenters.